The lowest BCUT2D eigenvalue weighted by Crippen LogP contribution is -2.29. The summed E-state index contributed by atoms with van der Waals surface area (Å²) in [4.78, 5) is 12.2. The average Bonchev–Trinajstić information content (AvgIpc) is 3.14. The van der Waals surface area contributed by atoms with Gasteiger partial charge in [-0.15, -0.1) is 10.2 Å². The number of hydrogen-bond donors (Lipinski definition) is 2. The van der Waals surface area contributed by atoms with Gasteiger partial charge in [0.15, 0.2) is 11.0 Å². The molecular weight excluding hydrogens is 408 g/mol. The molecule has 6 nitrogen and oxygen atoms in total. The van der Waals surface area contributed by atoms with Gasteiger partial charge in [-0.05, 0) is 37.6 Å². The van der Waals surface area contributed by atoms with Crippen LogP contribution in [0.1, 0.15) is 24.2 Å². The van der Waals surface area contributed by atoms with E-state index >= 15 is 0 Å². The van der Waals surface area contributed by atoms with Gasteiger partial charge in [-0.1, -0.05) is 59.3 Å². The first-order chi connectivity index (χ1) is 14.0. The summed E-state index contributed by atoms with van der Waals surface area (Å²) in [7, 11) is 0. The van der Waals surface area contributed by atoms with Crippen LogP contribution in [0.4, 0.5) is 0 Å². The summed E-state index contributed by atoms with van der Waals surface area (Å²) in [5, 5.41) is 22.8. The number of benzene rings is 2. The number of amides is 1. The molecule has 0 saturated carbocycles. The molecule has 2 aromatic carbocycles. The third-order valence-corrected chi connectivity index (χ3v) is 5.61. The van der Waals surface area contributed by atoms with Crippen molar-refractivity contribution in [2.75, 3.05) is 12.3 Å². The maximum absolute atomic E-state index is 12.2. The molecule has 29 heavy (non-hydrogen) atoms. The monoisotopic (exact) mass is 430 g/mol. The Morgan fingerprint density at radius 1 is 1.24 bits per heavy atom. The summed E-state index contributed by atoms with van der Waals surface area (Å²) in [6, 6.07) is 15.0. The lowest BCUT2D eigenvalue weighted by atomic mass is 10.1. The van der Waals surface area contributed by atoms with E-state index in [4.69, 9.17) is 11.6 Å². The number of hydrogen-bond acceptors (Lipinski definition) is 5. The SMILES string of the molecule is CCn1c(SCC(=O)NCC(O)c2ccc(Cl)cc2)nnc1-c1cccc(C)c1. The first-order valence-corrected chi connectivity index (χ1v) is 10.7. The standard InChI is InChI=1S/C21H23ClN4O2S/c1-3-26-20(16-6-4-5-14(2)11-16)24-25-21(26)29-13-19(28)23-12-18(27)15-7-9-17(22)10-8-15/h4-11,18,27H,3,12-13H2,1-2H3,(H,23,28). The topological polar surface area (TPSA) is 80.0 Å². The summed E-state index contributed by atoms with van der Waals surface area (Å²) in [6.07, 6.45) is -0.784. The smallest absolute Gasteiger partial charge is 0.230 e. The zero-order valence-electron chi connectivity index (χ0n) is 16.3. The number of thioether (sulfide) groups is 1. The van der Waals surface area contributed by atoms with Gasteiger partial charge in [-0.3, -0.25) is 4.79 Å². The van der Waals surface area contributed by atoms with E-state index in [0.29, 0.717) is 22.3 Å². The summed E-state index contributed by atoms with van der Waals surface area (Å²) in [6.45, 7) is 4.90. The fraction of sp³-hybridized carbons (Fsp3) is 0.286. The normalized spacial score (nSPS) is 12.0. The molecule has 1 heterocycles. The van der Waals surface area contributed by atoms with Crippen molar-refractivity contribution < 1.29 is 9.90 Å². The van der Waals surface area contributed by atoms with Crippen molar-refractivity contribution in [1.29, 1.82) is 0 Å². The van der Waals surface area contributed by atoms with Crippen LogP contribution in [-0.2, 0) is 11.3 Å². The van der Waals surface area contributed by atoms with Crippen molar-refractivity contribution >= 4 is 29.3 Å². The number of carbonyl (C=O) groups is 1. The van der Waals surface area contributed by atoms with E-state index in [2.05, 4.69) is 21.6 Å². The predicted octanol–water partition coefficient (Wildman–Crippen LogP) is 3.87. The molecule has 3 rings (SSSR count). The minimum atomic E-state index is -0.784. The molecule has 152 valence electrons. The fourth-order valence-corrected chi connectivity index (χ4v) is 3.83. The third-order valence-electron chi connectivity index (χ3n) is 4.39. The van der Waals surface area contributed by atoms with Crippen molar-refractivity contribution in [1.82, 2.24) is 20.1 Å². The fourth-order valence-electron chi connectivity index (χ4n) is 2.87. The molecule has 1 aromatic heterocycles. The number of nitrogens with one attached hydrogen (secondary N) is 1. The average molecular weight is 431 g/mol. The molecule has 0 fully saturated rings. The molecule has 0 aliphatic carbocycles. The number of aryl methyl sites for hydroxylation is 1. The highest BCUT2D eigenvalue weighted by Crippen LogP contribution is 2.24. The van der Waals surface area contributed by atoms with Crippen LogP contribution >= 0.6 is 23.4 Å². The van der Waals surface area contributed by atoms with Gasteiger partial charge in [0.25, 0.3) is 0 Å². The second-order valence-corrected chi connectivity index (χ2v) is 7.96. The van der Waals surface area contributed by atoms with Crippen LogP contribution < -0.4 is 5.32 Å². The molecule has 3 aromatic rings. The number of rotatable bonds is 8. The minimum Gasteiger partial charge on any atom is -0.387 e. The van der Waals surface area contributed by atoms with Gasteiger partial charge in [-0.2, -0.15) is 0 Å². The Hall–Kier alpha value is -2.35. The Morgan fingerprint density at radius 2 is 2.00 bits per heavy atom. The molecule has 0 aliphatic heterocycles. The van der Waals surface area contributed by atoms with Crippen LogP contribution in [0.15, 0.2) is 53.7 Å². The molecule has 0 bridgehead atoms. The largest absolute Gasteiger partial charge is 0.387 e. The van der Waals surface area contributed by atoms with E-state index < -0.39 is 6.10 Å². The Morgan fingerprint density at radius 3 is 2.69 bits per heavy atom. The number of aliphatic hydroxyl groups excluding tert-OH is 1. The van der Waals surface area contributed by atoms with Gasteiger partial charge in [-0.25, -0.2) is 0 Å². The van der Waals surface area contributed by atoms with E-state index in [9.17, 15) is 9.90 Å². The van der Waals surface area contributed by atoms with Gasteiger partial charge < -0.3 is 15.0 Å². The van der Waals surface area contributed by atoms with Crippen molar-refractivity contribution in [3.8, 4) is 11.4 Å². The van der Waals surface area contributed by atoms with Crippen molar-refractivity contribution in [2.24, 2.45) is 0 Å². The van der Waals surface area contributed by atoms with Gasteiger partial charge in [0.05, 0.1) is 11.9 Å². The predicted molar refractivity (Wildman–Crippen MR) is 116 cm³/mol. The summed E-state index contributed by atoms with van der Waals surface area (Å²) in [5.74, 6) is 0.808. The highest BCUT2D eigenvalue weighted by molar-refractivity contribution is 7.99. The zero-order chi connectivity index (χ0) is 20.8. The molecule has 1 amide bonds. The Bertz CT molecular complexity index is 975. The number of aliphatic hydroxyl groups is 1. The Kier molecular flexibility index (Phi) is 7.30. The molecule has 1 atom stereocenters. The van der Waals surface area contributed by atoms with Gasteiger partial charge in [0.1, 0.15) is 0 Å². The van der Waals surface area contributed by atoms with Crippen LogP contribution in [0.25, 0.3) is 11.4 Å². The second kappa shape index (κ2) is 9.91. The molecule has 8 heteroatoms. The first kappa shape index (κ1) is 21.4. The molecule has 0 aliphatic rings. The number of carbonyl (C=O) groups excluding carboxylic acids is 1. The molecular formula is C21H23ClN4O2S. The lowest BCUT2D eigenvalue weighted by molar-refractivity contribution is -0.119. The second-order valence-electron chi connectivity index (χ2n) is 6.58. The molecule has 0 saturated heterocycles. The quantitative estimate of drug-likeness (QED) is 0.530. The van der Waals surface area contributed by atoms with E-state index in [0.717, 1.165) is 17.0 Å². The maximum Gasteiger partial charge on any atom is 0.230 e. The number of aromatic nitrogens is 3. The van der Waals surface area contributed by atoms with Crippen LogP contribution in [0.3, 0.4) is 0 Å². The van der Waals surface area contributed by atoms with E-state index in [1.807, 2.05) is 36.6 Å². The van der Waals surface area contributed by atoms with Crippen LogP contribution in [-0.4, -0.2) is 38.1 Å². The van der Waals surface area contributed by atoms with E-state index in [-0.39, 0.29) is 18.2 Å². The molecule has 1 unspecified atom stereocenters. The third kappa shape index (κ3) is 5.59. The van der Waals surface area contributed by atoms with Crippen LogP contribution in [0, 0.1) is 6.92 Å². The van der Waals surface area contributed by atoms with Gasteiger partial charge >= 0.3 is 0 Å². The lowest BCUT2D eigenvalue weighted by Gasteiger charge is -2.12. The number of nitrogens with zero attached hydrogens (tertiary/aromatic N) is 3. The Labute approximate surface area is 179 Å². The summed E-state index contributed by atoms with van der Waals surface area (Å²) >= 11 is 7.18. The minimum absolute atomic E-state index is 0.135. The molecule has 2 N–H and O–H groups in total. The summed E-state index contributed by atoms with van der Waals surface area (Å²) in [5.41, 5.74) is 2.86. The van der Waals surface area contributed by atoms with Crippen LogP contribution in [0.5, 0.6) is 0 Å². The zero-order valence-corrected chi connectivity index (χ0v) is 17.9. The van der Waals surface area contributed by atoms with Crippen molar-refractivity contribution in [3.63, 3.8) is 0 Å². The van der Waals surface area contributed by atoms with Crippen LogP contribution in [0.2, 0.25) is 5.02 Å². The number of halogens is 1. The van der Waals surface area contributed by atoms with Crippen molar-refractivity contribution in [3.05, 3.63) is 64.7 Å². The van der Waals surface area contributed by atoms with Gasteiger partial charge in [0.2, 0.25) is 5.91 Å². The summed E-state index contributed by atoms with van der Waals surface area (Å²) < 4.78 is 2.00. The van der Waals surface area contributed by atoms with Crippen molar-refractivity contribution in [2.45, 2.75) is 31.7 Å². The molecule has 0 spiro atoms. The van der Waals surface area contributed by atoms with E-state index in [1.165, 1.54) is 11.8 Å². The highest BCUT2D eigenvalue weighted by atomic mass is 35.5. The Balaban J connectivity index is 1.57. The van der Waals surface area contributed by atoms with Gasteiger partial charge in [0, 0.05) is 23.7 Å². The molecule has 0 radical (unpaired) electrons. The van der Waals surface area contributed by atoms with E-state index in [1.54, 1.807) is 24.3 Å². The highest BCUT2D eigenvalue weighted by Gasteiger charge is 2.15. The maximum atomic E-state index is 12.2. The first-order valence-electron chi connectivity index (χ1n) is 9.31.